The van der Waals surface area contributed by atoms with Gasteiger partial charge >= 0.3 is 0 Å². The highest BCUT2D eigenvalue weighted by Crippen LogP contribution is 2.07. The van der Waals surface area contributed by atoms with Crippen molar-refractivity contribution in [3.63, 3.8) is 0 Å². The van der Waals surface area contributed by atoms with Crippen LogP contribution >= 0.6 is 0 Å². The third-order valence-corrected chi connectivity index (χ3v) is 9.76. The van der Waals surface area contributed by atoms with Crippen molar-refractivity contribution >= 4 is 73.5 Å². The molecule has 2 N–H and O–H groups in total. The lowest BCUT2D eigenvalue weighted by molar-refractivity contribution is -0.120. The third-order valence-electron chi connectivity index (χ3n) is 5.14. The molecule has 0 aromatic rings. The molecule has 0 saturated heterocycles. The summed E-state index contributed by atoms with van der Waals surface area (Å²) in [5.41, 5.74) is 0. The second-order valence-electron chi connectivity index (χ2n) is 14.6. The summed E-state index contributed by atoms with van der Waals surface area (Å²) in [5.74, 6) is 20.8. The van der Waals surface area contributed by atoms with Crippen molar-refractivity contribution in [2.45, 2.75) is 67.6 Å². The fourth-order valence-corrected chi connectivity index (χ4v) is 7.24. The summed E-state index contributed by atoms with van der Waals surface area (Å²) in [4.78, 5) is 22.3. The summed E-state index contributed by atoms with van der Waals surface area (Å²) in [6.07, 6.45) is 16.4. The highest BCUT2D eigenvalue weighted by atomic mass is 32.2. The molecular formula is C32H72O4S4+4. The van der Waals surface area contributed by atoms with Crippen LogP contribution in [0.4, 0.5) is 0 Å². The zero-order valence-corrected chi connectivity index (χ0v) is 32.7. The highest BCUT2D eigenvalue weighted by Gasteiger charge is 2.18. The summed E-state index contributed by atoms with van der Waals surface area (Å²) in [6, 6.07) is 0. The van der Waals surface area contributed by atoms with Gasteiger partial charge in [-0.2, -0.15) is 0 Å². The Morgan fingerprint density at radius 2 is 0.700 bits per heavy atom. The second-order valence-corrected chi connectivity index (χ2v) is 29.9. The van der Waals surface area contributed by atoms with Crippen LogP contribution in [0.3, 0.4) is 0 Å². The monoisotopic (exact) mass is 648 g/mol. The van der Waals surface area contributed by atoms with Crippen LogP contribution in [0, 0.1) is 23.7 Å². The summed E-state index contributed by atoms with van der Waals surface area (Å²) < 4.78 is 0. The molecule has 2 atom stereocenters. The van der Waals surface area contributed by atoms with E-state index in [1.54, 1.807) is 0 Å². The quantitative estimate of drug-likeness (QED) is 0.250. The molecule has 0 aromatic heterocycles. The Hall–Kier alpha value is 0.140. The highest BCUT2D eigenvalue weighted by molar-refractivity contribution is 8.11. The van der Waals surface area contributed by atoms with Gasteiger partial charge < -0.3 is 10.2 Å². The molecule has 0 aliphatic carbocycles. The van der Waals surface area contributed by atoms with E-state index in [2.05, 4.69) is 73.5 Å². The van der Waals surface area contributed by atoms with Crippen LogP contribution in [0.15, 0.2) is 0 Å². The van der Waals surface area contributed by atoms with Crippen molar-refractivity contribution in [1.82, 2.24) is 0 Å². The maximum atomic E-state index is 11.1. The van der Waals surface area contributed by atoms with Crippen LogP contribution in [0.2, 0.25) is 0 Å². The van der Waals surface area contributed by atoms with Crippen LogP contribution in [0.1, 0.15) is 55.4 Å². The van der Waals surface area contributed by atoms with Crippen LogP contribution in [-0.2, 0) is 48.1 Å². The topological polar surface area (TPSA) is 74.6 Å². The average Bonchev–Trinajstić information content (AvgIpc) is 2.64. The van der Waals surface area contributed by atoms with Crippen molar-refractivity contribution in [1.29, 1.82) is 0 Å². The van der Waals surface area contributed by atoms with Crippen LogP contribution in [0.25, 0.3) is 0 Å². The summed E-state index contributed by atoms with van der Waals surface area (Å²) >= 11 is 0. The fraction of sp³-hybridized carbons (Fsp3) is 0.812. The summed E-state index contributed by atoms with van der Waals surface area (Å²) in [6.45, 7) is 15.9. The van der Waals surface area contributed by atoms with Gasteiger partial charge in [-0.1, -0.05) is 55.4 Å². The number of ketones is 2. The van der Waals surface area contributed by atoms with E-state index in [9.17, 15) is 19.8 Å². The minimum atomic E-state index is -0.868. The maximum absolute atomic E-state index is 11.1. The van der Waals surface area contributed by atoms with Gasteiger partial charge in [-0.25, -0.2) is 0 Å². The molecule has 1 unspecified atom stereocenters. The number of carbonyl (C=O) groups excluding carboxylic acids is 2. The lowest BCUT2D eigenvalue weighted by Crippen LogP contribution is -2.28. The maximum Gasteiger partial charge on any atom is 0.180 e. The Morgan fingerprint density at radius 3 is 0.750 bits per heavy atom. The van der Waals surface area contributed by atoms with Crippen molar-refractivity contribution in [2.24, 2.45) is 23.7 Å². The Balaban J connectivity index is -0.000000216. The van der Waals surface area contributed by atoms with E-state index in [0.717, 1.165) is 11.5 Å². The van der Waals surface area contributed by atoms with Gasteiger partial charge in [0.15, 0.2) is 11.6 Å². The van der Waals surface area contributed by atoms with Gasteiger partial charge in [0.05, 0.1) is 62.3 Å². The predicted octanol–water partition coefficient (Wildman–Crippen LogP) is 3.81. The first kappa shape index (κ1) is 47.1. The van der Waals surface area contributed by atoms with E-state index in [0.29, 0.717) is 34.9 Å². The smallest absolute Gasteiger partial charge is 0.180 e. The van der Waals surface area contributed by atoms with Crippen molar-refractivity contribution < 1.29 is 19.8 Å². The van der Waals surface area contributed by atoms with E-state index >= 15 is 0 Å². The Kier molecular flexibility index (Phi) is 24.7. The van der Waals surface area contributed by atoms with Crippen LogP contribution in [-0.4, -0.2) is 131 Å². The van der Waals surface area contributed by atoms with Gasteiger partial charge in [0.1, 0.15) is 23.0 Å². The SMILES string of the molecule is C=[S+](C)(C)CC(=O)C(C)C.C=[S+](C)(C)CC(=O)C(C)C.C=[S+](C)(C)CC(O)C(C)C.C=[S+](C)(C)C[C@H](O)C(C)C. The summed E-state index contributed by atoms with van der Waals surface area (Å²) in [5, 5.41) is 18.9. The van der Waals surface area contributed by atoms with Crippen molar-refractivity contribution in [3.05, 3.63) is 0 Å². The molecule has 0 spiro atoms. The molecule has 244 valence electrons. The molecule has 0 radical (unpaired) electrons. The standard InChI is InChI=1S/2C8H19OS.2C8H17OS/c4*1-7(2)8(9)6-10(3,4)5/h2*7-9H,3,6H2,1-2,4-5H3;2*7H,3,6H2,1-2,4-5H3/q4*+1/t8-;;;/m0.../s1. The molecule has 0 amide bonds. The lowest BCUT2D eigenvalue weighted by Gasteiger charge is -2.16. The zero-order valence-electron chi connectivity index (χ0n) is 29.5. The van der Waals surface area contributed by atoms with Gasteiger partial charge in [0.2, 0.25) is 0 Å². The van der Waals surface area contributed by atoms with Gasteiger partial charge in [0.25, 0.3) is 0 Å². The number of hydrogen-bond acceptors (Lipinski definition) is 4. The van der Waals surface area contributed by atoms with E-state index < -0.39 is 38.5 Å². The first-order valence-electron chi connectivity index (χ1n) is 13.9. The minimum absolute atomic E-state index is 0.164. The Bertz CT molecular complexity index is 818. The normalized spacial score (nSPS) is 13.9. The molecule has 8 heteroatoms. The molecule has 0 fully saturated rings. The Labute approximate surface area is 256 Å². The number of aliphatic hydroxyl groups is 2. The van der Waals surface area contributed by atoms with Gasteiger partial charge in [-0.3, -0.25) is 9.59 Å². The van der Waals surface area contributed by atoms with E-state index in [-0.39, 0.29) is 24.0 Å². The lowest BCUT2D eigenvalue weighted by atomic mass is 10.1. The number of rotatable bonds is 12. The predicted molar refractivity (Wildman–Crippen MR) is 206 cm³/mol. The van der Waals surface area contributed by atoms with Crippen LogP contribution in [0.5, 0.6) is 0 Å². The molecule has 40 heavy (non-hydrogen) atoms. The van der Waals surface area contributed by atoms with Crippen molar-refractivity contribution in [2.75, 3.05) is 73.1 Å². The number of Topliss-reactive ketones (excluding diaryl/α,β-unsaturated/α-hetero) is 2. The molecule has 0 aliphatic heterocycles. The van der Waals surface area contributed by atoms with E-state index in [1.807, 2.05) is 55.4 Å². The Morgan fingerprint density at radius 1 is 0.500 bits per heavy atom. The fourth-order valence-electron chi connectivity index (χ4n) is 2.41. The van der Waals surface area contributed by atoms with Gasteiger partial charge in [0, 0.05) is 35.3 Å². The first-order valence-corrected chi connectivity index (χ1v) is 25.0. The first-order chi connectivity index (χ1) is 17.3. The number of aliphatic hydroxyl groups excluding tert-OH is 2. The third kappa shape index (κ3) is 40.3. The number of carbonyl (C=O) groups is 2. The molecule has 0 saturated carbocycles. The molecule has 0 rings (SSSR count). The van der Waals surface area contributed by atoms with Gasteiger partial charge in [-0.05, 0) is 11.8 Å². The van der Waals surface area contributed by atoms with E-state index in [4.69, 9.17) is 0 Å². The van der Waals surface area contributed by atoms with Crippen molar-refractivity contribution in [3.8, 4) is 0 Å². The molecule has 0 aliphatic rings. The second kappa shape index (κ2) is 20.9. The van der Waals surface area contributed by atoms with Crippen LogP contribution < -0.4 is 0 Å². The molecule has 0 aromatic carbocycles. The molecule has 4 nitrogen and oxygen atoms in total. The summed E-state index contributed by atoms with van der Waals surface area (Å²) in [7, 11) is -3.27. The van der Waals surface area contributed by atoms with E-state index in [1.165, 1.54) is 0 Å². The number of hydrogen-bond donors (Lipinski definition) is 2. The largest absolute Gasteiger partial charge is 0.388 e. The molecule has 0 heterocycles. The minimum Gasteiger partial charge on any atom is -0.388 e. The zero-order chi connectivity index (χ0) is 33.4. The average molecular weight is 649 g/mol. The van der Waals surface area contributed by atoms with Gasteiger partial charge in [-0.15, -0.1) is 38.5 Å². The molecular weight excluding hydrogens is 577 g/mol. The molecule has 0 bridgehead atoms.